The molecular weight excluding hydrogens is 234 g/mol. The average molecular weight is 245 g/mol. The molecule has 0 saturated carbocycles. The number of carbonyl (C=O) groups excluding carboxylic acids is 1. The molecule has 0 N–H and O–H groups in total. The zero-order chi connectivity index (χ0) is 12.1. The smallest absolute Gasteiger partial charge is 0.330 e. The van der Waals surface area contributed by atoms with Crippen molar-refractivity contribution in [1.29, 1.82) is 0 Å². The van der Waals surface area contributed by atoms with Gasteiger partial charge in [-0.1, -0.05) is 0 Å². The number of methoxy groups -OCH3 is 1. The van der Waals surface area contributed by atoms with Crippen molar-refractivity contribution >= 4 is 23.4 Å². The number of carbonyl (C=O) groups is 1. The van der Waals surface area contributed by atoms with Crippen LogP contribution in [0, 0.1) is 0 Å². The summed E-state index contributed by atoms with van der Waals surface area (Å²) in [6.07, 6.45) is 6.69. The van der Waals surface area contributed by atoms with Gasteiger partial charge < -0.3 is 4.74 Å². The summed E-state index contributed by atoms with van der Waals surface area (Å²) >= 11 is 1.58. The molecule has 0 spiro atoms. The average Bonchev–Trinajstić information content (AvgIpc) is 2.86. The molecule has 3 nitrogen and oxygen atoms in total. The van der Waals surface area contributed by atoms with E-state index in [1.807, 2.05) is 23.6 Å². The fourth-order valence-electron chi connectivity index (χ4n) is 1.35. The van der Waals surface area contributed by atoms with Crippen molar-refractivity contribution in [3.05, 3.63) is 46.9 Å². The third-order valence-corrected chi connectivity index (χ3v) is 3.12. The number of pyridine rings is 1. The second kappa shape index (κ2) is 5.41. The number of rotatable bonds is 3. The highest BCUT2D eigenvalue weighted by Crippen LogP contribution is 2.25. The number of thiophene rings is 1. The van der Waals surface area contributed by atoms with Crippen LogP contribution in [-0.4, -0.2) is 18.1 Å². The molecule has 0 fully saturated rings. The van der Waals surface area contributed by atoms with E-state index in [1.165, 1.54) is 13.2 Å². The maximum absolute atomic E-state index is 10.9. The summed E-state index contributed by atoms with van der Waals surface area (Å²) in [4.78, 5) is 15.9. The van der Waals surface area contributed by atoms with Crippen molar-refractivity contribution in [3.63, 3.8) is 0 Å². The Balaban J connectivity index is 2.17. The highest BCUT2D eigenvalue weighted by atomic mass is 32.1. The normalized spacial score (nSPS) is 10.6. The molecule has 0 aliphatic carbocycles. The third kappa shape index (κ3) is 3.01. The minimum Gasteiger partial charge on any atom is -0.466 e. The monoisotopic (exact) mass is 245 g/mol. The van der Waals surface area contributed by atoms with Gasteiger partial charge in [-0.25, -0.2) is 4.79 Å². The molecule has 86 valence electrons. The summed E-state index contributed by atoms with van der Waals surface area (Å²) in [6.45, 7) is 0. The molecule has 2 aromatic rings. The van der Waals surface area contributed by atoms with Gasteiger partial charge in [0.2, 0.25) is 0 Å². The maximum Gasteiger partial charge on any atom is 0.330 e. The molecule has 0 amide bonds. The first-order valence-electron chi connectivity index (χ1n) is 5.04. The number of aromatic nitrogens is 1. The fourth-order valence-corrected chi connectivity index (χ4v) is 2.16. The third-order valence-electron chi connectivity index (χ3n) is 2.22. The van der Waals surface area contributed by atoms with Gasteiger partial charge in [0, 0.05) is 23.3 Å². The standard InChI is InChI=1S/C13H11NO2S/c1-16-13(15)3-2-12-8-11(9-17-12)10-4-6-14-7-5-10/h2-9H,1H3. The van der Waals surface area contributed by atoms with Gasteiger partial charge in [0.05, 0.1) is 7.11 Å². The van der Waals surface area contributed by atoms with Crippen LogP contribution < -0.4 is 0 Å². The fraction of sp³-hybridized carbons (Fsp3) is 0.0769. The van der Waals surface area contributed by atoms with Gasteiger partial charge in [-0.05, 0) is 40.8 Å². The lowest BCUT2D eigenvalue weighted by molar-refractivity contribution is -0.134. The molecule has 0 radical (unpaired) electrons. The minimum absolute atomic E-state index is 0.344. The Kier molecular flexibility index (Phi) is 3.67. The van der Waals surface area contributed by atoms with E-state index in [-0.39, 0.29) is 5.97 Å². The van der Waals surface area contributed by atoms with Crippen LogP contribution in [0.3, 0.4) is 0 Å². The molecule has 4 heteroatoms. The maximum atomic E-state index is 10.9. The predicted octanol–water partition coefficient (Wildman–Crippen LogP) is 3.00. The van der Waals surface area contributed by atoms with Gasteiger partial charge in [-0.2, -0.15) is 0 Å². The molecular formula is C13H11NO2S. The second-order valence-corrected chi connectivity index (χ2v) is 4.27. The van der Waals surface area contributed by atoms with Gasteiger partial charge in [-0.15, -0.1) is 11.3 Å². The highest BCUT2D eigenvalue weighted by Gasteiger charge is 2.00. The SMILES string of the molecule is COC(=O)C=Cc1cc(-c2ccncc2)cs1. The van der Waals surface area contributed by atoms with Crippen molar-refractivity contribution in [2.75, 3.05) is 7.11 Å². The quantitative estimate of drug-likeness (QED) is 0.616. The summed E-state index contributed by atoms with van der Waals surface area (Å²) < 4.78 is 4.53. The van der Waals surface area contributed by atoms with Crippen LogP contribution in [0.25, 0.3) is 17.2 Å². The Bertz CT molecular complexity index is 531. The summed E-state index contributed by atoms with van der Waals surface area (Å²) in [5.74, 6) is -0.344. The first kappa shape index (κ1) is 11.5. The van der Waals surface area contributed by atoms with E-state index in [0.717, 1.165) is 16.0 Å². The molecule has 0 atom stereocenters. The van der Waals surface area contributed by atoms with Crippen molar-refractivity contribution in [3.8, 4) is 11.1 Å². The Morgan fingerprint density at radius 3 is 2.82 bits per heavy atom. The van der Waals surface area contributed by atoms with Crippen LogP contribution in [0.5, 0.6) is 0 Å². The minimum atomic E-state index is -0.344. The highest BCUT2D eigenvalue weighted by molar-refractivity contribution is 7.11. The van der Waals surface area contributed by atoms with E-state index in [2.05, 4.69) is 9.72 Å². The molecule has 17 heavy (non-hydrogen) atoms. The molecule has 0 saturated heterocycles. The number of esters is 1. The van der Waals surface area contributed by atoms with Crippen LogP contribution >= 0.6 is 11.3 Å². The summed E-state index contributed by atoms with van der Waals surface area (Å²) in [5.41, 5.74) is 2.25. The van der Waals surface area contributed by atoms with E-state index < -0.39 is 0 Å². The molecule has 0 unspecified atom stereocenters. The van der Waals surface area contributed by atoms with Crippen molar-refractivity contribution in [1.82, 2.24) is 4.98 Å². The number of hydrogen-bond donors (Lipinski definition) is 0. The van der Waals surface area contributed by atoms with Gasteiger partial charge >= 0.3 is 5.97 Å². The predicted molar refractivity (Wildman–Crippen MR) is 68.6 cm³/mol. The van der Waals surface area contributed by atoms with Gasteiger partial charge in [0.15, 0.2) is 0 Å². The largest absolute Gasteiger partial charge is 0.466 e. The van der Waals surface area contributed by atoms with E-state index in [4.69, 9.17) is 0 Å². The molecule has 0 aromatic carbocycles. The Morgan fingerprint density at radius 2 is 2.12 bits per heavy atom. The lowest BCUT2D eigenvalue weighted by Crippen LogP contribution is -1.92. The van der Waals surface area contributed by atoms with Crippen molar-refractivity contribution in [2.24, 2.45) is 0 Å². The van der Waals surface area contributed by atoms with Crippen LogP contribution in [0.2, 0.25) is 0 Å². The molecule has 2 heterocycles. The second-order valence-electron chi connectivity index (χ2n) is 3.33. The zero-order valence-electron chi connectivity index (χ0n) is 9.29. The van der Waals surface area contributed by atoms with Gasteiger partial charge in [0.25, 0.3) is 0 Å². The van der Waals surface area contributed by atoms with E-state index in [0.29, 0.717) is 0 Å². The first-order valence-corrected chi connectivity index (χ1v) is 5.92. The number of nitrogens with zero attached hydrogens (tertiary/aromatic N) is 1. The molecule has 2 aromatic heterocycles. The van der Waals surface area contributed by atoms with Crippen molar-refractivity contribution in [2.45, 2.75) is 0 Å². The number of hydrogen-bond acceptors (Lipinski definition) is 4. The molecule has 2 rings (SSSR count). The van der Waals surface area contributed by atoms with Crippen LogP contribution in [0.15, 0.2) is 42.0 Å². The van der Waals surface area contributed by atoms with Crippen LogP contribution in [0.1, 0.15) is 4.88 Å². The number of ether oxygens (including phenoxy) is 1. The van der Waals surface area contributed by atoms with Gasteiger partial charge in [0.1, 0.15) is 0 Å². The Morgan fingerprint density at radius 1 is 1.35 bits per heavy atom. The van der Waals surface area contributed by atoms with Gasteiger partial charge in [-0.3, -0.25) is 4.98 Å². The van der Waals surface area contributed by atoms with E-state index >= 15 is 0 Å². The summed E-state index contributed by atoms with van der Waals surface area (Å²) in [5, 5.41) is 2.05. The van der Waals surface area contributed by atoms with Crippen LogP contribution in [-0.2, 0) is 9.53 Å². The van der Waals surface area contributed by atoms with Crippen LogP contribution in [0.4, 0.5) is 0 Å². The lowest BCUT2D eigenvalue weighted by atomic mass is 10.1. The molecule has 0 aliphatic rings. The summed E-state index contributed by atoms with van der Waals surface area (Å²) in [6, 6.07) is 5.94. The lowest BCUT2D eigenvalue weighted by Gasteiger charge is -1.93. The van der Waals surface area contributed by atoms with Crippen molar-refractivity contribution < 1.29 is 9.53 Å². The Hall–Kier alpha value is -1.94. The van der Waals surface area contributed by atoms with E-state index in [1.54, 1.807) is 29.8 Å². The molecule has 0 aliphatic heterocycles. The zero-order valence-corrected chi connectivity index (χ0v) is 10.1. The molecule has 0 bridgehead atoms. The topological polar surface area (TPSA) is 39.2 Å². The van der Waals surface area contributed by atoms with E-state index in [9.17, 15) is 4.79 Å². The summed E-state index contributed by atoms with van der Waals surface area (Å²) in [7, 11) is 1.36. The Labute approximate surface area is 103 Å². The first-order chi connectivity index (χ1) is 8.29.